The van der Waals surface area contributed by atoms with Gasteiger partial charge in [0.15, 0.2) is 0 Å². The lowest BCUT2D eigenvalue weighted by molar-refractivity contribution is 0.0800. The summed E-state index contributed by atoms with van der Waals surface area (Å²) in [5.41, 5.74) is 5.95. The molecule has 1 aliphatic carbocycles. The van der Waals surface area contributed by atoms with Gasteiger partial charge in [0.05, 0.1) is 6.04 Å². The zero-order valence-corrected chi connectivity index (χ0v) is 13.9. The van der Waals surface area contributed by atoms with Gasteiger partial charge in [0.2, 0.25) is 0 Å². The quantitative estimate of drug-likeness (QED) is 0.496. The van der Waals surface area contributed by atoms with E-state index in [1.807, 2.05) is 0 Å². The predicted octanol–water partition coefficient (Wildman–Crippen LogP) is 3.41. The first-order valence-electron chi connectivity index (χ1n) is 8.36. The molecule has 1 saturated carbocycles. The van der Waals surface area contributed by atoms with Crippen molar-refractivity contribution < 1.29 is 0 Å². The van der Waals surface area contributed by atoms with Crippen molar-refractivity contribution in [2.45, 2.75) is 63.5 Å². The molecule has 0 amide bonds. The molecule has 1 aromatic carbocycles. The van der Waals surface area contributed by atoms with E-state index in [1.54, 1.807) is 0 Å². The van der Waals surface area contributed by atoms with Gasteiger partial charge in [0.25, 0.3) is 0 Å². The molecule has 1 fully saturated rings. The van der Waals surface area contributed by atoms with Crippen molar-refractivity contribution in [2.24, 2.45) is 5.84 Å². The minimum atomic E-state index is 0.124. The number of nitrogens with two attached hydrogens (primary N) is 1. The van der Waals surface area contributed by atoms with E-state index in [1.165, 1.54) is 49.7 Å². The molecule has 0 spiro atoms. The average Bonchev–Trinajstić information content (AvgIpc) is 2.76. The van der Waals surface area contributed by atoms with E-state index in [-0.39, 0.29) is 11.6 Å². The molecule has 0 aromatic heterocycles. The summed E-state index contributed by atoms with van der Waals surface area (Å²) in [6.07, 6.45) is 8.80. The lowest BCUT2D eigenvalue weighted by Crippen LogP contribution is -2.55. The number of aryl methyl sites for hydroxylation is 1. The summed E-state index contributed by atoms with van der Waals surface area (Å²) in [4.78, 5) is 2.40. The largest absolute Gasteiger partial charge is 0.302 e. The minimum Gasteiger partial charge on any atom is -0.302 e. The van der Waals surface area contributed by atoms with E-state index in [9.17, 15) is 0 Å². The van der Waals surface area contributed by atoms with Gasteiger partial charge in [-0.3, -0.25) is 11.3 Å². The molecule has 1 aliphatic rings. The molecule has 0 aliphatic heterocycles. The number of nitrogens with one attached hydrogen (secondary N) is 1. The van der Waals surface area contributed by atoms with Gasteiger partial charge in [-0.05, 0) is 44.5 Å². The van der Waals surface area contributed by atoms with Gasteiger partial charge >= 0.3 is 0 Å². The lowest BCUT2D eigenvalue weighted by atomic mass is 9.78. The topological polar surface area (TPSA) is 41.3 Å². The average molecular weight is 289 g/mol. The Morgan fingerprint density at radius 1 is 1.10 bits per heavy atom. The third kappa shape index (κ3) is 3.47. The SMILES string of the molecule is CCc1ccc(C(NN)C2(N(C)C)CCCCCC2)cc1. The fraction of sp³-hybridized carbons (Fsp3) is 0.667. The van der Waals surface area contributed by atoms with Crippen molar-refractivity contribution in [3.05, 3.63) is 35.4 Å². The van der Waals surface area contributed by atoms with Crippen LogP contribution in [0.3, 0.4) is 0 Å². The van der Waals surface area contributed by atoms with Gasteiger partial charge in [0, 0.05) is 5.54 Å². The van der Waals surface area contributed by atoms with Crippen LogP contribution in [-0.4, -0.2) is 24.5 Å². The Morgan fingerprint density at radius 3 is 2.10 bits per heavy atom. The third-order valence-corrected chi connectivity index (χ3v) is 5.29. The van der Waals surface area contributed by atoms with Crippen LogP contribution >= 0.6 is 0 Å². The van der Waals surface area contributed by atoms with E-state index in [2.05, 4.69) is 55.6 Å². The maximum atomic E-state index is 6.00. The fourth-order valence-corrected chi connectivity index (χ4v) is 3.84. The van der Waals surface area contributed by atoms with Gasteiger partial charge < -0.3 is 4.90 Å². The van der Waals surface area contributed by atoms with Gasteiger partial charge in [-0.1, -0.05) is 56.9 Å². The Balaban J connectivity index is 2.34. The number of hydrogen-bond acceptors (Lipinski definition) is 3. The molecule has 0 saturated heterocycles. The van der Waals surface area contributed by atoms with Crippen molar-refractivity contribution in [3.8, 4) is 0 Å². The summed E-state index contributed by atoms with van der Waals surface area (Å²) in [6, 6.07) is 9.16. The van der Waals surface area contributed by atoms with Crippen LogP contribution in [0, 0.1) is 0 Å². The van der Waals surface area contributed by atoms with Crippen LogP contribution in [-0.2, 0) is 6.42 Å². The second-order valence-electron chi connectivity index (χ2n) is 6.61. The summed E-state index contributed by atoms with van der Waals surface area (Å²) in [7, 11) is 4.41. The zero-order valence-electron chi connectivity index (χ0n) is 13.9. The Morgan fingerprint density at radius 2 is 1.67 bits per heavy atom. The molecule has 3 N–H and O–H groups in total. The van der Waals surface area contributed by atoms with Gasteiger partial charge in [-0.15, -0.1) is 0 Å². The molecular weight excluding hydrogens is 258 g/mol. The molecule has 0 bridgehead atoms. The first kappa shape index (κ1) is 16.5. The minimum absolute atomic E-state index is 0.124. The van der Waals surface area contributed by atoms with Crippen LogP contribution in [0.1, 0.15) is 62.6 Å². The second kappa shape index (κ2) is 7.39. The third-order valence-electron chi connectivity index (χ3n) is 5.29. The predicted molar refractivity (Wildman–Crippen MR) is 90.0 cm³/mol. The summed E-state index contributed by atoms with van der Waals surface area (Å²) < 4.78 is 0. The molecule has 21 heavy (non-hydrogen) atoms. The van der Waals surface area contributed by atoms with Crippen LogP contribution in [0.5, 0.6) is 0 Å². The molecule has 1 atom stereocenters. The maximum Gasteiger partial charge on any atom is 0.0643 e. The summed E-state index contributed by atoms with van der Waals surface area (Å²) in [5.74, 6) is 6.00. The Bertz CT molecular complexity index is 417. The van der Waals surface area contributed by atoms with Crippen molar-refractivity contribution in [3.63, 3.8) is 0 Å². The van der Waals surface area contributed by atoms with E-state index in [0.717, 1.165) is 6.42 Å². The van der Waals surface area contributed by atoms with Gasteiger partial charge in [-0.25, -0.2) is 0 Å². The Hall–Kier alpha value is -0.900. The lowest BCUT2D eigenvalue weighted by Gasteiger charge is -2.46. The fourth-order valence-electron chi connectivity index (χ4n) is 3.84. The highest BCUT2D eigenvalue weighted by Crippen LogP contribution is 2.40. The van der Waals surface area contributed by atoms with Crippen molar-refractivity contribution in [2.75, 3.05) is 14.1 Å². The van der Waals surface area contributed by atoms with Gasteiger partial charge in [-0.2, -0.15) is 0 Å². The van der Waals surface area contributed by atoms with Crippen LogP contribution in [0.15, 0.2) is 24.3 Å². The second-order valence-corrected chi connectivity index (χ2v) is 6.61. The Kier molecular flexibility index (Phi) is 5.80. The van der Waals surface area contributed by atoms with Crippen molar-refractivity contribution in [1.29, 1.82) is 0 Å². The van der Waals surface area contributed by atoms with E-state index < -0.39 is 0 Å². The molecule has 3 heteroatoms. The number of benzene rings is 1. The van der Waals surface area contributed by atoms with E-state index in [0.29, 0.717) is 0 Å². The van der Waals surface area contributed by atoms with Crippen LogP contribution < -0.4 is 11.3 Å². The molecule has 2 rings (SSSR count). The molecular formula is C18H31N3. The molecule has 118 valence electrons. The van der Waals surface area contributed by atoms with Crippen LogP contribution in [0.4, 0.5) is 0 Å². The van der Waals surface area contributed by atoms with Crippen molar-refractivity contribution in [1.82, 2.24) is 10.3 Å². The molecule has 1 unspecified atom stereocenters. The van der Waals surface area contributed by atoms with Crippen LogP contribution in [0.25, 0.3) is 0 Å². The summed E-state index contributed by atoms with van der Waals surface area (Å²) in [6.45, 7) is 2.19. The monoisotopic (exact) mass is 289 g/mol. The molecule has 3 nitrogen and oxygen atoms in total. The van der Waals surface area contributed by atoms with Crippen LogP contribution in [0.2, 0.25) is 0 Å². The van der Waals surface area contributed by atoms with Crippen molar-refractivity contribution >= 4 is 0 Å². The highest BCUT2D eigenvalue weighted by Gasteiger charge is 2.41. The smallest absolute Gasteiger partial charge is 0.0643 e. The highest BCUT2D eigenvalue weighted by atomic mass is 15.3. The molecule has 0 radical (unpaired) electrons. The number of likely N-dealkylation sites (N-methyl/N-ethyl adjacent to an activating group) is 1. The number of rotatable bonds is 5. The standard InChI is InChI=1S/C18H31N3/c1-4-15-9-11-16(12-10-15)17(20-19)18(21(2)3)13-7-5-6-8-14-18/h9-12,17,20H,4-8,13-14,19H2,1-3H3. The summed E-state index contributed by atoms with van der Waals surface area (Å²) in [5, 5.41) is 0. The maximum absolute atomic E-state index is 6.00. The molecule has 1 aromatic rings. The molecule has 0 heterocycles. The number of hydrazine groups is 1. The number of hydrogen-bond donors (Lipinski definition) is 2. The van der Waals surface area contributed by atoms with E-state index in [4.69, 9.17) is 5.84 Å². The van der Waals surface area contributed by atoms with E-state index >= 15 is 0 Å². The first-order valence-corrected chi connectivity index (χ1v) is 8.36. The number of nitrogens with zero attached hydrogens (tertiary/aromatic N) is 1. The zero-order chi connectivity index (χ0) is 15.3. The van der Waals surface area contributed by atoms with Gasteiger partial charge in [0.1, 0.15) is 0 Å². The Labute approximate surface area is 129 Å². The summed E-state index contributed by atoms with van der Waals surface area (Å²) >= 11 is 0. The first-order chi connectivity index (χ1) is 10.1. The normalized spacial score (nSPS) is 20.2. The highest BCUT2D eigenvalue weighted by molar-refractivity contribution is 5.28.